The lowest BCUT2D eigenvalue weighted by atomic mass is 10.1. The van der Waals surface area contributed by atoms with Crippen molar-refractivity contribution in [1.82, 2.24) is 0 Å². The van der Waals surface area contributed by atoms with E-state index in [2.05, 4.69) is 65.5 Å². The van der Waals surface area contributed by atoms with Gasteiger partial charge in [0.25, 0.3) is 0 Å². The van der Waals surface area contributed by atoms with E-state index in [9.17, 15) is 9.59 Å². The fourth-order valence-corrected chi connectivity index (χ4v) is 23.6. The van der Waals surface area contributed by atoms with Crippen LogP contribution in [0.2, 0.25) is 77.6 Å². The minimum absolute atomic E-state index is 0.369. The number of aryl methyl sites for hydroxylation is 1. The van der Waals surface area contributed by atoms with Gasteiger partial charge in [0.05, 0.1) is 24.3 Å². The standard InChI is InChI=1S/C47H76O8Si4/c1-39-38-44(52-46(48)40-24-28-42(29-25-40)50-34-20-16-12-14-18-22-36-58(8,9)54-56(2,3)4)32-33-45(39)53-47(49)41-26-30-43(31-27-41)51-35-21-17-13-15-19-23-37-59(10,11)55-57(5,6)7/h24-33,38H,12-23,34-37H2,1-11H3. The van der Waals surface area contributed by atoms with Crippen LogP contribution in [0.15, 0.2) is 66.7 Å². The van der Waals surface area contributed by atoms with Crippen LogP contribution in [0.4, 0.5) is 0 Å². The molecule has 0 aromatic heterocycles. The predicted molar refractivity (Wildman–Crippen MR) is 254 cm³/mol. The van der Waals surface area contributed by atoms with Crippen LogP contribution < -0.4 is 18.9 Å². The molecule has 8 nitrogen and oxygen atoms in total. The fraction of sp³-hybridized carbons (Fsp3) is 0.574. The summed E-state index contributed by atoms with van der Waals surface area (Å²) in [4.78, 5) is 25.8. The van der Waals surface area contributed by atoms with Gasteiger partial charge in [-0.05, 0) is 170 Å². The minimum Gasteiger partial charge on any atom is -0.494 e. The van der Waals surface area contributed by atoms with Gasteiger partial charge in [-0.25, -0.2) is 9.59 Å². The zero-order chi connectivity index (χ0) is 43.5. The van der Waals surface area contributed by atoms with Crippen LogP contribution in [0.25, 0.3) is 0 Å². The summed E-state index contributed by atoms with van der Waals surface area (Å²) in [5, 5.41) is 0. The van der Waals surface area contributed by atoms with Gasteiger partial charge in [-0.2, -0.15) is 0 Å². The first-order chi connectivity index (χ1) is 27.7. The molecule has 0 unspecified atom stereocenters. The van der Waals surface area contributed by atoms with Crippen molar-refractivity contribution in [3.63, 3.8) is 0 Å². The summed E-state index contributed by atoms with van der Waals surface area (Å²) in [7, 11) is -5.96. The number of carbonyl (C=O) groups excluding carboxylic acids is 2. The van der Waals surface area contributed by atoms with Crippen molar-refractivity contribution in [2.24, 2.45) is 0 Å². The van der Waals surface area contributed by atoms with E-state index >= 15 is 0 Å². The van der Waals surface area contributed by atoms with Gasteiger partial charge in [-0.1, -0.05) is 64.2 Å². The maximum absolute atomic E-state index is 12.9. The summed E-state index contributed by atoms with van der Waals surface area (Å²) in [6.45, 7) is 26.3. The van der Waals surface area contributed by atoms with Gasteiger partial charge >= 0.3 is 11.9 Å². The molecule has 3 rings (SSSR count). The zero-order valence-corrected chi connectivity index (χ0v) is 42.4. The lowest BCUT2D eigenvalue weighted by molar-refractivity contribution is 0.0718. The van der Waals surface area contributed by atoms with Crippen LogP contribution in [0.1, 0.15) is 103 Å². The van der Waals surface area contributed by atoms with Crippen molar-refractivity contribution in [3.8, 4) is 23.0 Å². The summed E-state index contributed by atoms with van der Waals surface area (Å²) in [5.74, 6) is 1.30. The molecular formula is C47H76O8Si4. The van der Waals surface area contributed by atoms with E-state index < -0.39 is 45.2 Å². The van der Waals surface area contributed by atoms with E-state index in [4.69, 9.17) is 27.2 Å². The van der Waals surface area contributed by atoms with E-state index in [0.29, 0.717) is 41.4 Å². The average molecular weight is 881 g/mol. The Hall–Kier alpha value is -3.01. The van der Waals surface area contributed by atoms with Crippen LogP contribution in [-0.2, 0) is 8.23 Å². The van der Waals surface area contributed by atoms with Gasteiger partial charge in [0.1, 0.15) is 23.0 Å². The van der Waals surface area contributed by atoms with Gasteiger partial charge in [-0.15, -0.1) is 0 Å². The molecule has 0 fully saturated rings. The summed E-state index contributed by atoms with van der Waals surface area (Å²) in [5.41, 5.74) is 1.53. The zero-order valence-electron chi connectivity index (χ0n) is 38.4. The normalized spacial score (nSPS) is 12.3. The average Bonchev–Trinajstić information content (AvgIpc) is 3.13. The van der Waals surface area contributed by atoms with Crippen LogP contribution in [0.5, 0.6) is 23.0 Å². The molecule has 0 atom stereocenters. The van der Waals surface area contributed by atoms with Crippen molar-refractivity contribution >= 4 is 45.2 Å². The molecule has 0 saturated heterocycles. The second kappa shape index (κ2) is 24.4. The largest absolute Gasteiger partial charge is 0.494 e. The van der Waals surface area contributed by atoms with Crippen molar-refractivity contribution < 1.29 is 36.8 Å². The van der Waals surface area contributed by atoms with E-state index in [-0.39, 0.29) is 0 Å². The van der Waals surface area contributed by atoms with E-state index in [1.165, 1.54) is 63.5 Å². The molecule has 0 radical (unpaired) electrons. The molecule has 0 aliphatic heterocycles. The Labute approximate surface area is 361 Å². The second-order valence-electron chi connectivity index (χ2n) is 19.1. The van der Waals surface area contributed by atoms with Gasteiger partial charge in [0.2, 0.25) is 0 Å². The number of hydrogen-bond acceptors (Lipinski definition) is 8. The Morgan fingerprint density at radius 3 is 1.19 bits per heavy atom. The summed E-state index contributed by atoms with van der Waals surface area (Å²) >= 11 is 0. The third-order valence-electron chi connectivity index (χ3n) is 9.79. The molecule has 0 saturated carbocycles. The van der Waals surface area contributed by atoms with E-state index in [1.807, 2.05) is 6.92 Å². The molecule has 0 spiro atoms. The molecule has 0 aliphatic rings. The van der Waals surface area contributed by atoms with Crippen LogP contribution >= 0.6 is 0 Å². The van der Waals surface area contributed by atoms with Gasteiger partial charge in [-0.3, -0.25) is 0 Å². The third kappa shape index (κ3) is 21.9. The maximum Gasteiger partial charge on any atom is 0.343 e. The van der Waals surface area contributed by atoms with Crippen LogP contribution in [0, 0.1) is 6.92 Å². The van der Waals surface area contributed by atoms with E-state index in [1.54, 1.807) is 66.7 Å². The number of ether oxygens (including phenoxy) is 4. The topological polar surface area (TPSA) is 89.5 Å². The van der Waals surface area contributed by atoms with Crippen molar-refractivity contribution in [3.05, 3.63) is 83.4 Å². The van der Waals surface area contributed by atoms with Gasteiger partial charge < -0.3 is 27.2 Å². The number of esters is 2. The monoisotopic (exact) mass is 880 g/mol. The number of carbonyl (C=O) groups is 2. The molecule has 12 heteroatoms. The van der Waals surface area contributed by atoms with Gasteiger partial charge in [0.15, 0.2) is 33.3 Å². The minimum atomic E-state index is -1.53. The van der Waals surface area contributed by atoms with Crippen LogP contribution in [0.3, 0.4) is 0 Å². The van der Waals surface area contributed by atoms with Crippen molar-refractivity contribution in [1.29, 1.82) is 0 Å². The summed E-state index contributed by atoms with van der Waals surface area (Å²) < 4.78 is 36.0. The highest BCUT2D eigenvalue weighted by molar-refractivity contribution is 6.84. The molecule has 0 bridgehead atoms. The Bertz CT molecular complexity index is 1700. The van der Waals surface area contributed by atoms with Crippen LogP contribution in [-0.4, -0.2) is 58.4 Å². The highest BCUT2D eigenvalue weighted by Gasteiger charge is 2.30. The number of unbranched alkanes of at least 4 members (excludes halogenated alkanes) is 10. The highest BCUT2D eigenvalue weighted by Crippen LogP contribution is 2.27. The molecule has 59 heavy (non-hydrogen) atoms. The smallest absolute Gasteiger partial charge is 0.343 e. The molecule has 3 aromatic rings. The predicted octanol–water partition coefficient (Wildman–Crippen LogP) is 14.0. The number of rotatable bonds is 28. The number of hydrogen-bond donors (Lipinski definition) is 0. The molecule has 3 aromatic carbocycles. The van der Waals surface area contributed by atoms with Gasteiger partial charge in [0, 0.05) is 0 Å². The summed E-state index contributed by atoms with van der Waals surface area (Å²) in [6.07, 6.45) is 14.3. The SMILES string of the molecule is Cc1cc(OC(=O)c2ccc(OCCCCCCCC[Si](C)(C)O[Si](C)(C)C)cc2)ccc1OC(=O)c1ccc(OCCCCCCCC[Si](C)(C)O[Si](C)(C)C)cc1. The Balaban J connectivity index is 1.29. The molecular weight excluding hydrogens is 805 g/mol. The highest BCUT2D eigenvalue weighted by atomic mass is 28.4. The Kier molecular flexibility index (Phi) is 20.9. The fourth-order valence-electron chi connectivity index (χ4n) is 7.36. The quantitative estimate of drug-likeness (QED) is 0.0308. The maximum atomic E-state index is 12.9. The lowest BCUT2D eigenvalue weighted by Crippen LogP contribution is -2.42. The first kappa shape index (κ1) is 50.3. The first-order valence-electron chi connectivity index (χ1n) is 22.1. The molecule has 0 aliphatic carbocycles. The molecule has 328 valence electrons. The van der Waals surface area contributed by atoms with Crippen molar-refractivity contribution in [2.45, 2.75) is 162 Å². The summed E-state index contributed by atoms with van der Waals surface area (Å²) in [6, 6.07) is 21.5. The second-order valence-corrected chi connectivity index (χ2v) is 37.3. The van der Waals surface area contributed by atoms with E-state index in [0.717, 1.165) is 37.2 Å². The first-order valence-corrected chi connectivity index (χ1v) is 35.2. The Morgan fingerprint density at radius 2 is 0.797 bits per heavy atom. The Morgan fingerprint density at radius 1 is 0.441 bits per heavy atom. The third-order valence-corrected chi connectivity index (χ3v) is 22.2. The molecule has 0 amide bonds. The molecule has 0 N–H and O–H groups in total. The molecule has 0 heterocycles. The number of benzene rings is 3. The lowest BCUT2D eigenvalue weighted by Gasteiger charge is -2.31. The van der Waals surface area contributed by atoms with Crippen molar-refractivity contribution in [2.75, 3.05) is 13.2 Å².